The first-order valence-electron chi connectivity index (χ1n) is 15.0. The molecule has 1 aromatic carbocycles. The monoisotopic (exact) mass is 566 g/mol. The van der Waals surface area contributed by atoms with Crippen LogP contribution in [0.5, 0.6) is 11.5 Å². The fourth-order valence-corrected chi connectivity index (χ4v) is 5.63. The number of hydrogen-bond acceptors (Lipinski definition) is 7. The molecule has 9 nitrogen and oxygen atoms in total. The number of aromatic nitrogens is 1. The van der Waals surface area contributed by atoms with Crippen molar-refractivity contribution < 1.29 is 23.8 Å². The van der Waals surface area contributed by atoms with Crippen molar-refractivity contribution in [1.82, 2.24) is 20.1 Å². The Morgan fingerprint density at radius 1 is 1.00 bits per heavy atom. The Morgan fingerprint density at radius 2 is 1.76 bits per heavy atom. The van der Waals surface area contributed by atoms with E-state index in [1.54, 1.807) is 38.7 Å². The highest BCUT2D eigenvalue weighted by molar-refractivity contribution is 5.95. The SMILES string of the molecule is COCCCOc1cc(C(=O)N(C(C)C)[C@@H]2CC[C@H](CCN(C(=O)Cc3ccncc3)C3CC3)NC2)ccc1OC. The van der Waals surface area contributed by atoms with Crippen LogP contribution in [-0.2, 0) is 16.0 Å². The fourth-order valence-electron chi connectivity index (χ4n) is 5.63. The number of rotatable bonds is 15. The summed E-state index contributed by atoms with van der Waals surface area (Å²) in [7, 11) is 3.27. The zero-order chi connectivity index (χ0) is 29.2. The van der Waals surface area contributed by atoms with E-state index < -0.39 is 0 Å². The molecule has 0 unspecified atom stereocenters. The van der Waals surface area contributed by atoms with Crippen molar-refractivity contribution in [2.45, 2.75) is 83.0 Å². The Labute approximate surface area is 244 Å². The number of carbonyl (C=O) groups is 2. The lowest BCUT2D eigenvalue weighted by Crippen LogP contribution is -2.54. The van der Waals surface area contributed by atoms with E-state index in [9.17, 15) is 9.59 Å². The van der Waals surface area contributed by atoms with Crippen LogP contribution < -0.4 is 14.8 Å². The number of hydrogen-bond donors (Lipinski definition) is 1. The minimum Gasteiger partial charge on any atom is -0.493 e. The molecule has 9 heteroatoms. The molecular weight excluding hydrogens is 520 g/mol. The molecule has 2 atom stereocenters. The summed E-state index contributed by atoms with van der Waals surface area (Å²) in [4.78, 5) is 34.9. The third kappa shape index (κ3) is 8.66. The molecule has 2 aromatic rings. The second kappa shape index (κ2) is 15.2. The quantitative estimate of drug-likeness (QED) is 0.325. The highest BCUT2D eigenvalue weighted by Crippen LogP contribution is 2.31. The smallest absolute Gasteiger partial charge is 0.254 e. The van der Waals surface area contributed by atoms with Gasteiger partial charge in [-0.2, -0.15) is 0 Å². The van der Waals surface area contributed by atoms with Gasteiger partial charge in [0.1, 0.15) is 0 Å². The van der Waals surface area contributed by atoms with Crippen LogP contribution in [0.4, 0.5) is 0 Å². The van der Waals surface area contributed by atoms with Gasteiger partial charge < -0.3 is 29.3 Å². The molecule has 2 fully saturated rings. The zero-order valence-electron chi connectivity index (χ0n) is 25.0. The Kier molecular flexibility index (Phi) is 11.4. The number of methoxy groups -OCH3 is 2. The number of amides is 2. The number of nitrogens with one attached hydrogen (secondary N) is 1. The lowest BCUT2D eigenvalue weighted by Gasteiger charge is -2.40. The second-order valence-electron chi connectivity index (χ2n) is 11.3. The molecule has 1 aromatic heterocycles. The van der Waals surface area contributed by atoms with Gasteiger partial charge in [-0.1, -0.05) is 0 Å². The molecule has 2 amide bonds. The summed E-state index contributed by atoms with van der Waals surface area (Å²) in [6.07, 6.45) is 9.66. The molecule has 2 heterocycles. The molecule has 0 radical (unpaired) electrons. The normalized spacial score (nSPS) is 18.7. The van der Waals surface area contributed by atoms with Crippen molar-refractivity contribution in [3.8, 4) is 11.5 Å². The molecule has 224 valence electrons. The summed E-state index contributed by atoms with van der Waals surface area (Å²) in [6, 6.07) is 10.1. The third-order valence-corrected chi connectivity index (χ3v) is 7.97. The predicted octanol–water partition coefficient (Wildman–Crippen LogP) is 4.10. The largest absolute Gasteiger partial charge is 0.493 e. The van der Waals surface area contributed by atoms with E-state index in [0.29, 0.717) is 48.8 Å². The van der Waals surface area contributed by atoms with Gasteiger partial charge in [-0.15, -0.1) is 0 Å². The van der Waals surface area contributed by atoms with Crippen molar-refractivity contribution in [1.29, 1.82) is 0 Å². The van der Waals surface area contributed by atoms with E-state index in [4.69, 9.17) is 14.2 Å². The van der Waals surface area contributed by atoms with Crippen LogP contribution in [0.3, 0.4) is 0 Å². The van der Waals surface area contributed by atoms with Crippen LogP contribution in [0.15, 0.2) is 42.7 Å². The lowest BCUT2D eigenvalue weighted by atomic mass is 9.95. The number of nitrogens with zero attached hydrogens (tertiary/aromatic N) is 3. The van der Waals surface area contributed by atoms with Gasteiger partial charge >= 0.3 is 0 Å². The van der Waals surface area contributed by atoms with Crippen LogP contribution in [-0.4, -0.2) is 91.3 Å². The van der Waals surface area contributed by atoms with Gasteiger partial charge in [0, 0.05) is 75.4 Å². The zero-order valence-corrected chi connectivity index (χ0v) is 25.0. The van der Waals surface area contributed by atoms with E-state index >= 15 is 0 Å². The number of piperidine rings is 1. The van der Waals surface area contributed by atoms with Crippen molar-refractivity contribution in [2.24, 2.45) is 0 Å². The van der Waals surface area contributed by atoms with Crippen molar-refractivity contribution in [3.05, 3.63) is 53.9 Å². The third-order valence-electron chi connectivity index (χ3n) is 7.97. The Bertz CT molecular complexity index is 1120. The maximum atomic E-state index is 13.8. The highest BCUT2D eigenvalue weighted by Gasteiger charge is 2.34. The van der Waals surface area contributed by atoms with E-state index in [1.165, 1.54) is 0 Å². The summed E-state index contributed by atoms with van der Waals surface area (Å²) in [5, 5.41) is 3.69. The van der Waals surface area contributed by atoms with Gasteiger partial charge in [0.2, 0.25) is 5.91 Å². The summed E-state index contributed by atoms with van der Waals surface area (Å²) >= 11 is 0. The van der Waals surface area contributed by atoms with Gasteiger partial charge in [0.05, 0.1) is 20.1 Å². The van der Waals surface area contributed by atoms with Crippen molar-refractivity contribution in [2.75, 3.05) is 40.5 Å². The van der Waals surface area contributed by atoms with Crippen molar-refractivity contribution >= 4 is 11.8 Å². The first-order valence-corrected chi connectivity index (χ1v) is 15.0. The topological polar surface area (TPSA) is 93.2 Å². The van der Waals surface area contributed by atoms with Gasteiger partial charge in [-0.05, 0) is 81.8 Å². The molecule has 0 bridgehead atoms. The average molecular weight is 567 g/mol. The molecule has 1 saturated heterocycles. The molecule has 1 N–H and O–H groups in total. The minimum atomic E-state index is -0.00346. The Morgan fingerprint density at radius 3 is 2.39 bits per heavy atom. The second-order valence-corrected chi connectivity index (χ2v) is 11.3. The first kappa shape index (κ1) is 30.8. The maximum Gasteiger partial charge on any atom is 0.254 e. The summed E-state index contributed by atoms with van der Waals surface area (Å²) in [6.45, 7) is 6.73. The predicted molar refractivity (Wildman–Crippen MR) is 158 cm³/mol. The fraction of sp³-hybridized carbons (Fsp3) is 0.594. The lowest BCUT2D eigenvalue weighted by molar-refractivity contribution is -0.131. The number of benzene rings is 1. The standard InChI is InChI=1S/C32H46N4O5/c1-23(2)36(32(38)25-6-11-29(40-4)30(21-25)41-19-5-18-39-3)28-8-7-26(34-22-28)14-17-35(27-9-10-27)31(37)20-24-12-15-33-16-13-24/h6,11-13,15-16,21,23,26-28,34H,5,7-10,14,17-20,22H2,1-4H3/t26-,28-/m1/s1. The van der Waals surface area contributed by atoms with E-state index in [0.717, 1.165) is 57.2 Å². The molecule has 1 aliphatic carbocycles. The van der Waals surface area contributed by atoms with Gasteiger partial charge in [-0.25, -0.2) is 0 Å². The van der Waals surface area contributed by atoms with E-state index in [2.05, 4.69) is 29.0 Å². The number of pyridine rings is 1. The van der Waals surface area contributed by atoms with Crippen LogP contribution in [0.1, 0.15) is 68.3 Å². The van der Waals surface area contributed by atoms with Gasteiger partial charge in [0.25, 0.3) is 5.91 Å². The molecule has 2 aliphatic rings. The first-order chi connectivity index (χ1) is 19.9. The van der Waals surface area contributed by atoms with E-state index in [-0.39, 0.29) is 23.9 Å². The van der Waals surface area contributed by atoms with Crippen molar-refractivity contribution in [3.63, 3.8) is 0 Å². The maximum absolute atomic E-state index is 13.8. The van der Waals surface area contributed by atoms with Gasteiger partial charge in [0.15, 0.2) is 11.5 Å². The average Bonchev–Trinajstić information content (AvgIpc) is 3.82. The van der Waals surface area contributed by atoms with Crippen LogP contribution >= 0.6 is 0 Å². The highest BCUT2D eigenvalue weighted by atomic mass is 16.5. The molecule has 4 rings (SSSR count). The summed E-state index contributed by atoms with van der Waals surface area (Å²) < 4.78 is 16.5. The molecule has 41 heavy (non-hydrogen) atoms. The molecule has 1 aliphatic heterocycles. The Hall–Kier alpha value is -3.17. The summed E-state index contributed by atoms with van der Waals surface area (Å²) in [5.74, 6) is 1.37. The minimum absolute atomic E-state index is 0.00346. The van der Waals surface area contributed by atoms with Crippen LogP contribution in [0.2, 0.25) is 0 Å². The summed E-state index contributed by atoms with van der Waals surface area (Å²) in [5.41, 5.74) is 1.60. The van der Waals surface area contributed by atoms with Gasteiger partial charge in [-0.3, -0.25) is 14.6 Å². The molecule has 1 saturated carbocycles. The van der Waals surface area contributed by atoms with E-state index in [1.807, 2.05) is 23.1 Å². The number of ether oxygens (including phenoxy) is 3. The Balaban J connectivity index is 1.32. The van der Waals surface area contributed by atoms with Crippen LogP contribution in [0.25, 0.3) is 0 Å². The molecular formula is C32H46N4O5. The molecule has 0 spiro atoms. The number of carbonyl (C=O) groups excluding carboxylic acids is 2. The van der Waals surface area contributed by atoms with Crippen LogP contribution in [0, 0.1) is 0 Å².